The molecule has 0 spiro atoms. The van der Waals surface area contributed by atoms with Crippen molar-refractivity contribution in [1.29, 1.82) is 0 Å². The minimum Gasteiger partial charge on any atom is -0.461 e. The highest BCUT2D eigenvalue weighted by Gasteiger charge is 2.11. The molecule has 1 aromatic carbocycles. The number of fused-ring (bicyclic) bond motifs is 3. The molecule has 20 heavy (non-hydrogen) atoms. The first-order valence-electron chi connectivity index (χ1n) is 6.41. The maximum absolute atomic E-state index is 10.3. The van der Waals surface area contributed by atoms with Crippen molar-refractivity contribution in [1.82, 2.24) is 9.97 Å². The number of aryl methyl sites for hydroxylation is 2. The lowest BCUT2D eigenvalue weighted by Gasteiger charge is -2.11. The summed E-state index contributed by atoms with van der Waals surface area (Å²) in [6.45, 7) is 4.80. The Hall–Kier alpha value is -2.49. The van der Waals surface area contributed by atoms with Crippen LogP contribution in [0.5, 0.6) is 0 Å². The van der Waals surface area contributed by atoms with E-state index in [0.717, 1.165) is 27.5 Å². The molecule has 4 heteroatoms. The molecular weight excluding hydrogens is 252 g/mol. The highest BCUT2D eigenvalue weighted by molar-refractivity contribution is 6.06. The molecule has 0 fully saturated rings. The van der Waals surface area contributed by atoms with Crippen LogP contribution in [-0.2, 0) is 16.1 Å². The van der Waals surface area contributed by atoms with Crippen molar-refractivity contribution in [3.63, 3.8) is 0 Å². The molecule has 0 atom stereocenters. The number of nitrogens with zero attached hydrogens (tertiary/aromatic N) is 2. The molecule has 0 unspecified atom stereocenters. The molecular formula is C16H14N2O2. The van der Waals surface area contributed by atoms with E-state index in [4.69, 9.17) is 4.74 Å². The van der Waals surface area contributed by atoms with E-state index in [-0.39, 0.29) is 6.61 Å². The zero-order valence-corrected chi connectivity index (χ0v) is 11.4. The molecule has 0 N–H and O–H groups in total. The van der Waals surface area contributed by atoms with Gasteiger partial charge in [-0.05, 0) is 37.1 Å². The predicted molar refractivity (Wildman–Crippen MR) is 77.4 cm³/mol. The Morgan fingerprint density at radius 1 is 1.10 bits per heavy atom. The molecule has 3 aromatic rings. The fourth-order valence-corrected chi connectivity index (χ4v) is 2.48. The van der Waals surface area contributed by atoms with Gasteiger partial charge in [-0.1, -0.05) is 12.1 Å². The number of hydrogen-bond acceptors (Lipinski definition) is 4. The number of benzene rings is 1. The molecule has 0 amide bonds. The minimum absolute atomic E-state index is 0.181. The number of carbonyl (C=O) groups is 1. The van der Waals surface area contributed by atoms with Crippen LogP contribution in [-0.4, -0.2) is 16.4 Å². The van der Waals surface area contributed by atoms with Crippen molar-refractivity contribution < 1.29 is 9.53 Å². The molecule has 100 valence electrons. The van der Waals surface area contributed by atoms with Crippen LogP contribution in [0.25, 0.3) is 21.8 Å². The van der Waals surface area contributed by atoms with E-state index in [2.05, 4.69) is 29.9 Å². The average Bonchev–Trinajstić information content (AvgIpc) is 2.50. The molecule has 0 bridgehead atoms. The summed E-state index contributed by atoms with van der Waals surface area (Å²) < 4.78 is 4.77. The molecule has 0 aliphatic rings. The minimum atomic E-state index is 0.181. The first-order chi connectivity index (χ1) is 9.72. The zero-order valence-electron chi connectivity index (χ0n) is 11.4. The Kier molecular flexibility index (Phi) is 3.06. The van der Waals surface area contributed by atoms with Gasteiger partial charge >= 0.3 is 0 Å². The average molecular weight is 266 g/mol. The van der Waals surface area contributed by atoms with Gasteiger partial charge < -0.3 is 4.74 Å². The van der Waals surface area contributed by atoms with Crippen molar-refractivity contribution in [2.24, 2.45) is 0 Å². The molecule has 3 rings (SSSR count). The van der Waals surface area contributed by atoms with Gasteiger partial charge in [0.15, 0.2) is 0 Å². The van der Waals surface area contributed by atoms with Gasteiger partial charge in [-0.15, -0.1) is 0 Å². The molecule has 2 heterocycles. The van der Waals surface area contributed by atoms with Gasteiger partial charge in [0.05, 0.1) is 16.7 Å². The van der Waals surface area contributed by atoms with Crippen LogP contribution in [0.3, 0.4) is 0 Å². The third-order valence-electron chi connectivity index (χ3n) is 3.65. The summed E-state index contributed by atoms with van der Waals surface area (Å²) in [5, 5.41) is 2.20. The molecule has 2 aromatic heterocycles. The number of carbonyl (C=O) groups excluding carboxylic acids is 1. The monoisotopic (exact) mass is 266 g/mol. The van der Waals surface area contributed by atoms with Crippen molar-refractivity contribution in [2.75, 3.05) is 0 Å². The second kappa shape index (κ2) is 4.89. The summed E-state index contributed by atoms with van der Waals surface area (Å²) in [6, 6.07) is 7.88. The largest absolute Gasteiger partial charge is 0.461 e. The lowest BCUT2D eigenvalue weighted by Crippen LogP contribution is -1.97. The van der Waals surface area contributed by atoms with Crippen LogP contribution in [0.15, 0.2) is 30.5 Å². The Labute approximate surface area is 116 Å². The third kappa shape index (κ3) is 1.90. The quantitative estimate of drug-likeness (QED) is 0.540. The second-order valence-corrected chi connectivity index (χ2v) is 4.76. The van der Waals surface area contributed by atoms with E-state index in [9.17, 15) is 4.79 Å². The molecule has 0 saturated heterocycles. The van der Waals surface area contributed by atoms with Crippen LogP contribution in [0, 0.1) is 13.8 Å². The number of rotatable bonds is 3. The van der Waals surface area contributed by atoms with Crippen LogP contribution < -0.4 is 0 Å². The van der Waals surface area contributed by atoms with Crippen LogP contribution >= 0.6 is 0 Å². The summed E-state index contributed by atoms with van der Waals surface area (Å²) in [5.41, 5.74) is 4.89. The van der Waals surface area contributed by atoms with E-state index in [0.29, 0.717) is 6.47 Å². The van der Waals surface area contributed by atoms with Gasteiger partial charge in [0.2, 0.25) is 0 Å². The van der Waals surface area contributed by atoms with Crippen molar-refractivity contribution >= 4 is 28.3 Å². The van der Waals surface area contributed by atoms with E-state index < -0.39 is 0 Å². The number of ether oxygens (including phenoxy) is 1. The van der Waals surface area contributed by atoms with E-state index >= 15 is 0 Å². The van der Waals surface area contributed by atoms with E-state index in [1.807, 2.05) is 18.2 Å². The lowest BCUT2D eigenvalue weighted by molar-refractivity contribution is -0.129. The molecule has 0 radical (unpaired) electrons. The maximum atomic E-state index is 10.3. The summed E-state index contributed by atoms with van der Waals surface area (Å²) in [5.74, 6) is 0. The summed E-state index contributed by atoms with van der Waals surface area (Å²) in [4.78, 5) is 19.3. The van der Waals surface area contributed by atoms with E-state index in [1.165, 1.54) is 11.1 Å². The molecule has 0 aliphatic heterocycles. The second-order valence-electron chi connectivity index (χ2n) is 4.76. The van der Waals surface area contributed by atoms with E-state index in [1.54, 1.807) is 6.20 Å². The Balaban J connectivity index is 2.35. The first-order valence-corrected chi connectivity index (χ1v) is 6.41. The number of pyridine rings is 2. The van der Waals surface area contributed by atoms with Crippen LogP contribution in [0.4, 0.5) is 0 Å². The molecule has 0 aliphatic carbocycles. The number of aromatic nitrogens is 2. The van der Waals surface area contributed by atoms with Gasteiger partial charge in [0.1, 0.15) is 6.61 Å². The van der Waals surface area contributed by atoms with Gasteiger partial charge in [0.25, 0.3) is 6.47 Å². The SMILES string of the molecule is Cc1c(C)c2ccc(COC=O)nc2c2ncccc12. The number of hydrogen-bond donors (Lipinski definition) is 0. The lowest BCUT2D eigenvalue weighted by atomic mass is 9.98. The zero-order chi connectivity index (χ0) is 14.1. The first kappa shape index (κ1) is 12.5. The fraction of sp³-hybridized carbons (Fsp3) is 0.188. The van der Waals surface area contributed by atoms with Gasteiger partial charge in [0, 0.05) is 17.0 Å². The van der Waals surface area contributed by atoms with Crippen molar-refractivity contribution in [3.8, 4) is 0 Å². The van der Waals surface area contributed by atoms with Crippen LogP contribution in [0.2, 0.25) is 0 Å². The summed E-state index contributed by atoms with van der Waals surface area (Å²) >= 11 is 0. The fourth-order valence-electron chi connectivity index (χ4n) is 2.48. The highest BCUT2D eigenvalue weighted by Crippen LogP contribution is 2.29. The highest BCUT2D eigenvalue weighted by atomic mass is 16.5. The van der Waals surface area contributed by atoms with Gasteiger partial charge in [-0.2, -0.15) is 0 Å². The smallest absolute Gasteiger partial charge is 0.293 e. The van der Waals surface area contributed by atoms with Crippen LogP contribution in [0.1, 0.15) is 16.8 Å². The summed E-state index contributed by atoms with van der Waals surface area (Å²) in [6.07, 6.45) is 1.77. The predicted octanol–water partition coefficient (Wildman–Crippen LogP) is 3.07. The Morgan fingerprint density at radius 3 is 2.60 bits per heavy atom. The topological polar surface area (TPSA) is 52.1 Å². The normalized spacial score (nSPS) is 10.9. The maximum Gasteiger partial charge on any atom is 0.293 e. The molecule has 0 saturated carbocycles. The third-order valence-corrected chi connectivity index (χ3v) is 3.65. The van der Waals surface area contributed by atoms with Crippen molar-refractivity contribution in [2.45, 2.75) is 20.5 Å². The summed E-state index contributed by atoms with van der Waals surface area (Å²) in [7, 11) is 0. The van der Waals surface area contributed by atoms with Gasteiger partial charge in [-0.25, -0.2) is 4.98 Å². The van der Waals surface area contributed by atoms with Crippen molar-refractivity contribution in [3.05, 3.63) is 47.3 Å². The van der Waals surface area contributed by atoms with Gasteiger partial charge in [-0.3, -0.25) is 9.78 Å². The molecule has 4 nitrogen and oxygen atoms in total. The Morgan fingerprint density at radius 2 is 1.85 bits per heavy atom. The standard InChI is InChI=1S/C16H14N2O2/c1-10-11(2)14-6-5-12(8-20-9-19)18-16(14)15-13(10)4-3-7-17-15/h3-7,9H,8H2,1-2H3. The Bertz CT molecular complexity index is 812.